The van der Waals surface area contributed by atoms with Crippen LogP contribution in [0.1, 0.15) is 83.6 Å². The largest absolute Gasteiger partial charge is 0.507 e. The number of nitrogens with one attached hydrogen (secondary N) is 2. The predicted molar refractivity (Wildman–Crippen MR) is 168 cm³/mol. The van der Waals surface area contributed by atoms with Crippen molar-refractivity contribution in [1.82, 2.24) is 10.6 Å². The van der Waals surface area contributed by atoms with Crippen LogP contribution in [0, 0.1) is 0 Å². The Labute approximate surface area is 247 Å². The number of hydrogen-bond acceptors (Lipinski definition) is 6. The molecule has 1 unspecified atom stereocenters. The van der Waals surface area contributed by atoms with E-state index in [0.29, 0.717) is 11.6 Å². The molecule has 0 fully saturated rings. The van der Waals surface area contributed by atoms with Crippen LogP contribution < -0.4 is 21.1 Å². The summed E-state index contributed by atoms with van der Waals surface area (Å²) in [6.07, 6.45) is 2.02. The molecule has 0 saturated carbocycles. The number of ether oxygens (including phenoxy) is 1. The third-order valence-corrected chi connectivity index (χ3v) is 6.39. The molecule has 0 saturated heterocycles. The van der Waals surface area contributed by atoms with Gasteiger partial charge in [0.2, 0.25) is 0 Å². The molecule has 2 aromatic carbocycles. The van der Waals surface area contributed by atoms with Gasteiger partial charge in [0.15, 0.2) is 6.10 Å². The molecule has 2 aromatic rings. The Bertz CT molecular complexity index is 1030. The van der Waals surface area contributed by atoms with Crippen LogP contribution in [0.5, 0.6) is 11.5 Å². The van der Waals surface area contributed by atoms with Crippen molar-refractivity contribution in [3.8, 4) is 11.5 Å². The number of halogens is 3. The van der Waals surface area contributed by atoms with Gasteiger partial charge in [-0.2, -0.15) is 0 Å². The van der Waals surface area contributed by atoms with Crippen molar-refractivity contribution in [3.63, 3.8) is 0 Å². The molecule has 1 atom stereocenters. The van der Waals surface area contributed by atoms with Crippen LogP contribution in [-0.4, -0.2) is 30.1 Å². The fourth-order valence-electron chi connectivity index (χ4n) is 4.25. The number of fused-ring (bicyclic) bond motifs is 1. The fourth-order valence-corrected chi connectivity index (χ4v) is 4.25. The molecule has 0 aliphatic carbocycles. The molecule has 38 heavy (non-hydrogen) atoms. The number of amidine groups is 1. The van der Waals surface area contributed by atoms with E-state index >= 15 is 0 Å². The summed E-state index contributed by atoms with van der Waals surface area (Å²) in [5, 5.41) is 18.0. The minimum Gasteiger partial charge on any atom is -0.507 e. The third kappa shape index (κ3) is 9.80. The van der Waals surface area contributed by atoms with Crippen LogP contribution in [0.3, 0.4) is 0 Å². The first-order chi connectivity index (χ1) is 16.4. The lowest BCUT2D eigenvalue weighted by Crippen LogP contribution is -2.33. The van der Waals surface area contributed by atoms with Crippen molar-refractivity contribution in [2.75, 3.05) is 13.1 Å². The zero-order chi connectivity index (χ0) is 25.8. The van der Waals surface area contributed by atoms with E-state index < -0.39 is 0 Å². The van der Waals surface area contributed by atoms with E-state index in [1.165, 1.54) is 11.1 Å². The Balaban J connectivity index is 0.00000456. The predicted octanol–water partition coefficient (Wildman–Crippen LogP) is 6.68. The summed E-state index contributed by atoms with van der Waals surface area (Å²) in [5.74, 6) is 1.75. The highest BCUT2D eigenvalue weighted by atomic mass is 35.5. The summed E-state index contributed by atoms with van der Waals surface area (Å²) in [4.78, 5) is 4.45. The molecule has 0 radical (unpaired) electrons. The number of unbranched alkanes of at least 4 members (excludes halogenated alkanes) is 1. The number of phenols is 1. The average molecular weight is 590 g/mol. The van der Waals surface area contributed by atoms with Gasteiger partial charge in [-0.3, -0.25) is 0 Å². The van der Waals surface area contributed by atoms with Crippen LogP contribution in [0.4, 0.5) is 5.69 Å². The summed E-state index contributed by atoms with van der Waals surface area (Å²) in [5.41, 5.74) is 10.9. The lowest BCUT2D eigenvalue weighted by Gasteiger charge is -2.28. The van der Waals surface area contributed by atoms with Crippen LogP contribution in [0.2, 0.25) is 0 Å². The monoisotopic (exact) mass is 588 g/mol. The maximum Gasteiger partial charge on any atom is 0.153 e. The van der Waals surface area contributed by atoms with Gasteiger partial charge in [-0.25, -0.2) is 4.99 Å². The van der Waals surface area contributed by atoms with Gasteiger partial charge in [-0.15, -0.1) is 37.2 Å². The fraction of sp³-hybridized carbons (Fsp3) is 0.552. The van der Waals surface area contributed by atoms with Crippen molar-refractivity contribution < 1.29 is 9.84 Å². The molecule has 6 nitrogen and oxygen atoms in total. The first-order valence-corrected chi connectivity index (χ1v) is 12.8. The van der Waals surface area contributed by atoms with Gasteiger partial charge in [0.25, 0.3) is 0 Å². The normalized spacial score (nSPS) is 14.7. The number of hydrogen-bond donors (Lipinski definition) is 4. The van der Waals surface area contributed by atoms with E-state index in [2.05, 4.69) is 75.4 Å². The number of phenolic OH excluding ortho intramolecular Hbond substituents is 1. The summed E-state index contributed by atoms with van der Waals surface area (Å²) in [7, 11) is 0. The Morgan fingerprint density at radius 2 is 1.34 bits per heavy atom. The highest BCUT2D eigenvalue weighted by Crippen LogP contribution is 2.39. The van der Waals surface area contributed by atoms with Gasteiger partial charge in [-0.1, -0.05) is 59.7 Å². The molecular weight excluding hydrogens is 543 g/mol. The average Bonchev–Trinajstić information content (AvgIpc) is 2.75. The smallest absolute Gasteiger partial charge is 0.153 e. The molecule has 1 aliphatic rings. The quantitative estimate of drug-likeness (QED) is 0.245. The minimum atomic E-state index is -0.171. The van der Waals surface area contributed by atoms with Crippen molar-refractivity contribution in [2.24, 2.45) is 10.7 Å². The van der Waals surface area contributed by atoms with E-state index in [0.717, 1.165) is 61.6 Å². The summed E-state index contributed by atoms with van der Waals surface area (Å²) >= 11 is 0. The highest BCUT2D eigenvalue weighted by molar-refractivity contribution is 5.89. The molecule has 9 heteroatoms. The van der Waals surface area contributed by atoms with Gasteiger partial charge in [-0.05, 0) is 78.1 Å². The molecule has 1 heterocycles. The number of aliphatic imine (C=N–C) groups is 1. The lowest BCUT2D eigenvalue weighted by atomic mass is 9.78. The molecule has 1 aliphatic heterocycles. The third-order valence-electron chi connectivity index (χ3n) is 6.39. The van der Waals surface area contributed by atoms with Gasteiger partial charge in [0.05, 0.1) is 0 Å². The first kappa shape index (κ1) is 36.3. The number of nitrogens with zero attached hydrogens (tertiary/aromatic N) is 1. The molecule has 0 spiro atoms. The standard InChI is InChI=1S/C29H44N4O2.3ClH/c1-19-27(30)33-24-16-20(10-11-25(24)35-19)17-31-12-8-9-13-32-18-21-14-22(28(2,3)4)26(34)23(15-21)29(5,6)7;;;/h10-11,14-16,19,31-32,34H,8-9,12-13,17-18H2,1-7H3,(H2,30,33);3*1H. The van der Waals surface area contributed by atoms with E-state index in [1.54, 1.807) is 0 Å². The maximum absolute atomic E-state index is 10.9. The molecule has 216 valence electrons. The topological polar surface area (TPSA) is 91.9 Å². The molecule has 0 bridgehead atoms. The number of rotatable bonds is 9. The van der Waals surface area contributed by atoms with E-state index in [1.807, 2.05) is 19.1 Å². The molecule has 0 amide bonds. The SMILES string of the molecule is CC1Oc2ccc(CNCCCCNCc3cc(C(C)(C)C)c(O)c(C(C)(C)C)c3)cc2N=C1N.Cl.Cl.Cl. The van der Waals surface area contributed by atoms with E-state index in [9.17, 15) is 5.11 Å². The van der Waals surface area contributed by atoms with Crippen LogP contribution >= 0.6 is 37.2 Å². The number of aromatic hydroxyl groups is 1. The summed E-state index contributed by atoms with van der Waals surface area (Å²) in [6.45, 7) is 18.3. The second-order valence-corrected chi connectivity index (χ2v) is 11.7. The second-order valence-electron chi connectivity index (χ2n) is 11.7. The van der Waals surface area contributed by atoms with E-state index in [-0.39, 0.29) is 54.2 Å². The Morgan fingerprint density at radius 1 is 0.842 bits per heavy atom. The van der Waals surface area contributed by atoms with Gasteiger partial charge in [0, 0.05) is 13.1 Å². The Morgan fingerprint density at radius 3 is 1.84 bits per heavy atom. The van der Waals surface area contributed by atoms with Gasteiger partial charge < -0.3 is 26.2 Å². The van der Waals surface area contributed by atoms with Crippen molar-refractivity contribution >= 4 is 48.7 Å². The Kier molecular flexibility index (Phi) is 14.5. The minimum absolute atomic E-state index is 0. The number of benzene rings is 2. The zero-order valence-electron chi connectivity index (χ0n) is 23.8. The lowest BCUT2D eigenvalue weighted by molar-refractivity contribution is 0.281. The first-order valence-electron chi connectivity index (χ1n) is 12.8. The number of nitrogens with two attached hydrogens (primary N) is 1. The zero-order valence-corrected chi connectivity index (χ0v) is 26.3. The van der Waals surface area contributed by atoms with Crippen molar-refractivity contribution in [3.05, 3.63) is 52.6 Å². The van der Waals surface area contributed by atoms with Crippen LogP contribution in [-0.2, 0) is 23.9 Å². The molecule has 3 rings (SSSR count). The Hall–Kier alpha value is -1.70. The molecule has 5 N–H and O–H groups in total. The molecular formula is C29H47Cl3N4O2. The van der Waals surface area contributed by atoms with E-state index in [4.69, 9.17) is 10.5 Å². The van der Waals surface area contributed by atoms with Crippen LogP contribution in [0.25, 0.3) is 0 Å². The van der Waals surface area contributed by atoms with Crippen LogP contribution in [0.15, 0.2) is 35.3 Å². The highest BCUT2D eigenvalue weighted by Gasteiger charge is 2.26. The second kappa shape index (κ2) is 15.2. The van der Waals surface area contributed by atoms with Gasteiger partial charge >= 0.3 is 0 Å². The summed E-state index contributed by atoms with van der Waals surface area (Å²) < 4.78 is 5.77. The van der Waals surface area contributed by atoms with Crippen molar-refractivity contribution in [1.29, 1.82) is 0 Å². The van der Waals surface area contributed by atoms with Gasteiger partial charge in [0.1, 0.15) is 23.0 Å². The summed E-state index contributed by atoms with van der Waals surface area (Å²) in [6, 6.07) is 10.4. The van der Waals surface area contributed by atoms with Crippen molar-refractivity contribution in [2.45, 2.75) is 91.3 Å². The maximum atomic E-state index is 10.9. The molecule has 0 aromatic heterocycles.